The fraction of sp³-hybridized carbons (Fsp3) is 0.412. The monoisotopic (exact) mass is 270 g/mol. The fourth-order valence-corrected chi connectivity index (χ4v) is 2.95. The summed E-state index contributed by atoms with van der Waals surface area (Å²) in [6.45, 7) is 3.18. The Morgan fingerprint density at radius 3 is 2.60 bits per heavy atom. The number of piperidine rings is 1. The lowest BCUT2D eigenvalue weighted by atomic mass is 10.0. The van der Waals surface area contributed by atoms with Crippen LogP contribution in [0.2, 0.25) is 0 Å². The number of fused-ring (bicyclic) bond motifs is 1. The van der Waals surface area contributed by atoms with Crippen molar-refractivity contribution < 1.29 is 4.74 Å². The zero-order valence-electron chi connectivity index (χ0n) is 12.0. The summed E-state index contributed by atoms with van der Waals surface area (Å²) in [6.07, 6.45) is 2.43. The van der Waals surface area contributed by atoms with E-state index in [1.807, 2.05) is 0 Å². The number of ether oxygens (including phenoxy) is 1. The van der Waals surface area contributed by atoms with Gasteiger partial charge in [0.25, 0.3) is 0 Å². The third-order valence-corrected chi connectivity index (χ3v) is 4.11. The highest BCUT2D eigenvalue weighted by molar-refractivity contribution is 5.91. The smallest absolute Gasteiger partial charge is 0.126 e. The molecular weight excluding hydrogens is 248 g/mol. The van der Waals surface area contributed by atoms with Crippen LogP contribution >= 0.6 is 0 Å². The number of nitrogens with one attached hydrogen (secondary N) is 2. The molecule has 0 radical (unpaired) electrons. The largest absolute Gasteiger partial charge is 0.496 e. The first-order chi connectivity index (χ1) is 9.88. The van der Waals surface area contributed by atoms with Crippen molar-refractivity contribution in [3.63, 3.8) is 0 Å². The molecule has 3 rings (SSSR count). The number of methoxy groups -OCH3 is 1. The highest BCUT2D eigenvalue weighted by atomic mass is 16.5. The van der Waals surface area contributed by atoms with E-state index in [1.54, 1.807) is 7.11 Å². The summed E-state index contributed by atoms with van der Waals surface area (Å²) in [4.78, 5) is 0. The van der Waals surface area contributed by atoms with Crippen molar-refractivity contribution in [1.29, 1.82) is 0 Å². The van der Waals surface area contributed by atoms with Gasteiger partial charge < -0.3 is 15.4 Å². The van der Waals surface area contributed by atoms with E-state index in [9.17, 15) is 0 Å². The molecule has 1 saturated heterocycles. The van der Waals surface area contributed by atoms with Gasteiger partial charge in [-0.15, -0.1) is 0 Å². The van der Waals surface area contributed by atoms with Gasteiger partial charge in [0, 0.05) is 18.0 Å². The third-order valence-electron chi connectivity index (χ3n) is 4.11. The molecule has 1 aliphatic rings. The molecular formula is C17H22N2O. The molecule has 0 unspecified atom stereocenters. The van der Waals surface area contributed by atoms with Crippen LogP contribution in [-0.4, -0.2) is 26.2 Å². The van der Waals surface area contributed by atoms with Gasteiger partial charge >= 0.3 is 0 Å². The van der Waals surface area contributed by atoms with Gasteiger partial charge in [-0.2, -0.15) is 0 Å². The van der Waals surface area contributed by atoms with Gasteiger partial charge in [-0.1, -0.05) is 30.3 Å². The lowest BCUT2D eigenvalue weighted by Crippen LogP contribution is -2.39. The van der Waals surface area contributed by atoms with Crippen molar-refractivity contribution in [2.75, 3.05) is 20.2 Å². The molecule has 1 fully saturated rings. The van der Waals surface area contributed by atoms with E-state index in [4.69, 9.17) is 4.74 Å². The topological polar surface area (TPSA) is 33.3 Å². The standard InChI is InChI=1S/C17H22N2O/c1-20-17-7-6-13(15-4-2-3-5-16(15)17)12-19-14-8-10-18-11-9-14/h2-7,14,18-19H,8-12H2,1H3. The molecule has 2 aromatic rings. The summed E-state index contributed by atoms with van der Waals surface area (Å²) in [5.41, 5.74) is 1.35. The summed E-state index contributed by atoms with van der Waals surface area (Å²) in [5, 5.41) is 9.57. The Morgan fingerprint density at radius 1 is 1.10 bits per heavy atom. The number of hydrogen-bond donors (Lipinski definition) is 2. The molecule has 0 spiro atoms. The SMILES string of the molecule is COc1ccc(CNC2CCNCC2)c2ccccc12. The molecule has 2 aromatic carbocycles. The minimum atomic E-state index is 0.636. The minimum absolute atomic E-state index is 0.636. The lowest BCUT2D eigenvalue weighted by molar-refractivity contribution is 0.386. The molecule has 106 valence electrons. The van der Waals surface area contributed by atoms with E-state index in [-0.39, 0.29) is 0 Å². The normalized spacial score (nSPS) is 16.4. The Kier molecular flexibility index (Phi) is 4.19. The Morgan fingerprint density at radius 2 is 1.85 bits per heavy atom. The van der Waals surface area contributed by atoms with Crippen molar-refractivity contribution in [3.05, 3.63) is 42.0 Å². The zero-order chi connectivity index (χ0) is 13.8. The van der Waals surface area contributed by atoms with E-state index in [0.29, 0.717) is 6.04 Å². The molecule has 2 N–H and O–H groups in total. The number of hydrogen-bond acceptors (Lipinski definition) is 3. The van der Waals surface area contributed by atoms with Crippen molar-refractivity contribution in [3.8, 4) is 5.75 Å². The molecule has 0 aromatic heterocycles. The third kappa shape index (κ3) is 2.79. The second kappa shape index (κ2) is 6.25. The number of benzene rings is 2. The van der Waals surface area contributed by atoms with Crippen LogP contribution in [0.1, 0.15) is 18.4 Å². The van der Waals surface area contributed by atoms with Crippen molar-refractivity contribution in [2.45, 2.75) is 25.4 Å². The van der Waals surface area contributed by atoms with Gasteiger partial charge in [-0.3, -0.25) is 0 Å². The van der Waals surface area contributed by atoms with Crippen LogP contribution in [0.25, 0.3) is 10.8 Å². The van der Waals surface area contributed by atoms with Crippen LogP contribution < -0.4 is 15.4 Å². The fourth-order valence-electron chi connectivity index (χ4n) is 2.95. The molecule has 20 heavy (non-hydrogen) atoms. The van der Waals surface area contributed by atoms with Crippen LogP contribution in [0.3, 0.4) is 0 Å². The Hall–Kier alpha value is -1.58. The van der Waals surface area contributed by atoms with Crippen LogP contribution in [0.5, 0.6) is 5.75 Å². The molecule has 3 nitrogen and oxygen atoms in total. The van der Waals surface area contributed by atoms with Crippen LogP contribution in [-0.2, 0) is 6.54 Å². The van der Waals surface area contributed by atoms with Gasteiger partial charge in [0.2, 0.25) is 0 Å². The quantitative estimate of drug-likeness (QED) is 0.896. The first kappa shape index (κ1) is 13.4. The van der Waals surface area contributed by atoms with Crippen LogP contribution in [0.4, 0.5) is 0 Å². The van der Waals surface area contributed by atoms with E-state index in [2.05, 4.69) is 47.0 Å². The second-order valence-electron chi connectivity index (χ2n) is 5.38. The first-order valence-corrected chi connectivity index (χ1v) is 7.37. The maximum Gasteiger partial charge on any atom is 0.126 e. The van der Waals surface area contributed by atoms with E-state index >= 15 is 0 Å². The van der Waals surface area contributed by atoms with E-state index < -0.39 is 0 Å². The highest BCUT2D eigenvalue weighted by Crippen LogP contribution is 2.28. The zero-order valence-corrected chi connectivity index (χ0v) is 12.0. The summed E-state index contributed by atoms with van der Waals surface area (Å²) >= 11 is 0. The lowest BCUT2D eigenvalue weighted by Gasteiger charge is -2.24. The maximum atomic E-state index is 5.45. The van der Waals surface area contributed by atoms with Gasteiger partial charge in [0.1, 0.15) is 5.75 Å². The first-order valence-electron chi connectivity index (χ1n) is 7.37. The molecule has 0 atom stereocenters. The number of rotatable bonds is 4. The van der Waals surface area contributed by atoms with Crippen molar-refractivity contribution in [1.82, 2.24) is 10.6 Å². The van der Waals surface area contributed by atoms with E-state index in [1.165, 1.54) is 29.2 Å². The molecule has 0 aliphatic carbocycles. The molecule has 1 heterocycles. The van der Waals surface area contributed by atoms with E-state index in [0.717, 1.165) is 25.4 Å². The second-order valence-corrected chi connectivity index (χ2v) is 5.38. The predicted octanol–water partition coefficient (Wildman–Crippen LogP) is 2.69. The summed E-state index contributed by atoms with van der Waals surface area (Å²) in [7, 11) is 1.73. The molecule has 0 bridgehead atoms. The molecule has 1 aliphatic heterocycles. The Bertz CT molecular complexity index is 576. The highest BCUT2D eigenvalue weighted by Gasteiger charge is 2.13. The average molecular weight is 270 g/mol. The Balaban J connectivity index is 1.80. The van der Waals surface area contributed by atoms with Gasteiger partial charge in [-0.05, 0) is 42.9 Å². The predicted molar refractivity (Wildman–Crippen MR) is 83.2 cm³/mol. The van der Waals surface area contributed by atoms with Crippen molar-refractivity contribution in [2.24, 2.45) is 0 Å². The van der Waals surface area contributed by atoms with Gasteiger partial charge in [0.15, 0.2) is 0 Å². The molecule has 3 heteroatoms. The summed E-state index contributed by atoms with van der Waals surface area (Å²) in [6, 6.07) is 13.3. The summed E-state index contributed by atoms with van der Waals surface area (Å²) in [5.74, 6) is 0.950. The van der Waals surface area contributed by atoms with Crippen molar-refractivity contribution >= 4 is 10.8 Å². The van der Waals surface area contributed by atoms with Crippen LogP contribution in [0.15, 0.2) is 36.4 Å². The average Bonchev–Trinajstić information content (AvgIpc) is 2.53. The Labute approximate surface area is 120 Å². The minimum Gasteiger partial charge on any atom is -0.496 e. The maximum absolute atomic E-state index is 5.45. The van der Waals surface area contributed by atoms with Gasteiger partial charge in [0.05, 0.1) is 7.11 Å². The molecule has 0 saturated carbocycles. The van der Waals surface area contributed by atoms with Crippen LogP contribution in [0, 0.1) is 0 Å². The summed E-state index contributed by atoms with van der Waals surface area (Å²) < 4.78 is 5.45. The molecule has 0 amide bonds. The van der Waals surface area contributed by atoms with Gasteiger partial charge in [-0.25, -0.2) is 0 Å².